The number of hydrogen-bond acceptors (Lipinski definition) is 6. The van der Waals surface area contributed by atoms with Crippen molar-refractivity contribution in [3.05, 3.63) is 65.2 Å². The molecule has 9 heteroatoms. The number of rotatable bonds is 8. The van der Waals surface area contributed by atoms with E-state index in [1.165, 1.54) is 37.4 Å². The molecule has 0 unspecified atom stereocenters. The van der Waals surface area contributed by atoms with E-state index in [2.05, 4.69) is 39.6 Å². The summed E-state index contributed by atoms with van der Waals surface area (Å²) in [6, 6.07) is 12.7. The largest absolute Gasteiger partial charge is 0.391 e. The fourth-order valence-corrected chi connectivity index (χ4v) is 3.82. The Morgan fingerprint density at radius 3 is 2.05 bits per heavy atom. The molecule has 2 aromatic carbocycles. The SMILES string of the molecule is C[C@@H](O)[C@H](NC(=O)c1ccc(C#CC#Cc2ccc(NC(=O)CNC3CCCC3)cc2)cc1)C(=O)NO. The molecular weight excluding hydrogens is 472 g/mol. The van der Waals surface area contributed by atoms with E-state index in [-0.39, 0.29) is 11.5 Å². The number of benzene rings is 2. The zero-order valence-corrected chi connectivity index (χ0v) is 20.5. The highest BCUT2D eigenvalue weighted by atomic mass is 16.5. The quantitative estimate of drug-likeness (QED) is 0.184. The fraction of sp³-hybridized carbons (Fsp3) is 0.321. The maximum absolute atomic E-state index is 12.3. The molecule has 0 saturated heterocycles. The highest BCUT2D eigenvalue weighted by Crippen LogP contribution is 2.17. The number of carbonyl (C=O) groups is 3. The molecule has 1 aliphatic rings. The minimum atomic E-state index is -1.30. The smallest absolute Gasteiger partial charge is 0.268 e. The van der Waals surface area contributed by atoms with Crippen LogP contribution in [0.2, 0.25) is 0 Å². The van der Waals surface area contributed by atoms with Gasteiger partial charge in [-0.15, -0.1) is 0 Å². The Morgan fingerprint density at radius 1 is 0.946 bits per heavy atom. The van der Waals surface area contributed by atoms with Crippen molar-refractivity contribution in [3.63, 3.8) is 0 Å². The molecule has 1 aliphatic carbocycles. The predicted octanol–water partition coefficient (Wildman–Crippen LogP) is 1.55. The van der Waals surface area contributed by atoms with Crippen molar-refractivity contribution in [2.45, 2.75) is 50.8 Å². The maximum atomic E-state index is 12.3. The normalized spacial score (nSPS) is 14.2. The van der Waals surface area contributed by atoms with Gasteiger partial charge < -0.3 is 21.1 Å². The van der Waals surface area contributed by atoms with E-state index in [1.807, 2.05) is 0 Å². The van der Waals surface area contributed by atoms with Gasteiger partial charge in [0.2, 0.25) is 5.91 Å². The molecule has 9 nitrogen and oxygen atoms in total. The molecule has 0 radical (unpaired) electrons. The summed E-state index contributed by atoms with van der Waals surface area (Å²) in [6.45, 7) is 1.62. The first-order chi connectivity index (χ1) is 17.9. The lowest BCUT2D eigenvalue weighted by Gasteiger charge is -2.19. The van der Waals surface area contributed by atoms with Gasteiger partial charge in [0.05, 0.1) is 12.6 Å². The topological polar surface area (TPSA) is 140 Å². The lowest BCUT2D eigenvalue weighted by Crippen LogP contribution is -2.51. The third-order valence-electron chi connectivity index (χ3n) is 5.86. The Kier molecular flexibility index (Phi) is 10.2. The number of hydroxylamine groups is 1. The van der Waals surface area contributed by atoms with Crippen LogP contribution in [0.3, 0.4) is 0 Å². The van der Waals surface area contributed by atoms with Crippen LogP contribution in [0.4, 0.5) is 5.69 Å². The van der Waals surface area contributed by atoms with E-state index in [0.29, 0.717) is 23.8 Å². The third kappa shape index (κ3) is 8.78. The highest BCUT2D eigenvalue weighted by molar-refractivity contribution is 5.97. The number of carbonyl (C=O) groups excluding carboxylic acids is 3. The van der Waals surface area contributed by atoms with Crippen LogP contribution in [0, 0.1) is 23.7 Å². The van der Waals surface area contributed by atoms with E-state index in [4.69, 9.17) is 5.21 Å². The number of amides is 3. The van der Waals surface area contributed by atoms with Gasteiger partial charge in [0.1, 0.15) is 6.04 Å². The van der Waals surface area contributed by atoms with Gasteiger partial charge in [0.15, 0.2) is 0 Å². The molecule has 192 valence electrons. The van der Waals surface area contributed by atoms with Crippen LogP contribution in [0.25, 0.3) is 0 Å². The summed E-state index contributed by atoms with van der Waals surface area (Å²) in [5, 5.41) is 26.9. The second kappa shape index (κ2) is 13.8. The molecule has 6 N–H and O–H groups in total. The van der Waals surface area contributed by atoms with E-state index in [9.17, 15) is 19.5 Å². The summed E-state index contributed by atoms with van der Waals surface area (Å²) in [5.41, 5.74) is 3.76. The van der Waals surface area contributed by atoms with Gasteiger partial charge in [0, 0.05) is 28.4 Å². The molecule has 3 amide bonds. The lowest BCUT2D eigenvalue weighted by atomic mass is 10.1. The van der Waals surface area contributed by atoms with Crippen LogP contribution >= 0.6 is 0 Å². The Balaban J connectivity index is 1.50. The van der Waals surface area contributed by atoms with Crippen molar-refractivity contribution in [2.75, 3.05) is 11.9 Å². The number of aliphatic hydroxyl groups excluding tert-OH is 1. The fourth-order valence-electron chi connectivity index (χ4n) is 3.82. The minimum absolute atomic E-state index is 0.0708. The molecule has 0 bridgehead atoms. The monoisotopic (exact) mass is 502 g/mol. The average Bonchev–Trinajstić information content (AvgIpc) is 3.43. The molecule has 3 rings (SSSR count). The molecule has 1 fully saturated rings. The van der Waals surface area contributed by atoms with Gasteiger partial charge in [-0.25, -0.2) is 5.48 Å². The first kappa shape index (κ1) is 27.4. The summed E-state index contributed by atoms with van der Waals surface area (Å²) in [4.78, 5) is 36.0. The average molecular weight is 503 g/mol. The predicted molar refractivity (Wildman–Crippen MR) is 138 cm³/mol. The first-order valence-electron chi connectivity index (χ1n) is 12.0. The lowest BCUT2D eigenvalue weighted by molar-refractivity contribution is -0.133. The number of hydrogen-bond donors (Lipinski definition) is 6. The van der Waals surface area contributed by atoms with Crippen LogP contribution in [0.1, 0.15) is 54.1 Å². The molecular formula is C28H30N4O5. The van der Waals surface area contributed by atoms with Gasteiger partial charge in [-0.3, -0.25) is 19.6 Å². The number of anilines is 1. The highest BCUT2D eigenvalue weighted by Gasteiger charge is 2.25. The third-order valence-corrected chi connectivity index (χ3v) is 5.86. The van der Waals surface area contributed by atoms with E-state index in [0.717, 1.165) is 18.4 Å². The summed E-state index contributed by atoms with van der Waals surface area (Å²) < 4.78 is 0. The van der Waals surface area contributed by atoms with Crippen molar-refractivity contribution >= 4 is 23.4 Å². The van der Waals surface area contributed by atoms with Crippen LogP contribution in [0.15, 0.2) is 48.5 Å². The van der Waals surface area contributed by atoms with Gasteiger partial charge in [-0.2, -0.15) is 0 Å². The van der Waals surface area contributed by atoms with Crippen LogP contribution in [-0.4, -0.2) is 52.8 Å². The van der Waals surface area contributed by atoms with Gasteiger partial charge in [0.25, 0.3) is 11.8 Å². The van der Waals surface area contributed by atoms with Crippen molar-refractivity contribution in [3.8, 4) is 23.7 Å². The molecule has 2 aromatic rings. The van der Waals surface area contributed by atoms with E-state index in [1.54, 1.807) is 36.4 Å². The second-order valence-corrected chi connectivity index (χ2v) is 8.73. The van der Waals surface area contributed by atoms with Crippen LogP contribution in [0.5, 0.6) is 0 Å². The summed E-state index contributed by atoms with van der Waals surface area (Å²) >= 11 is 0. The molecule has 1 saturated carbocycles. The molecule has 0 aromatic heterocycles. The zero-order chi connectivity index (χ0) is 26.6. The Morgan fingerprint density at radius 2 is 1.51 bits per heavy atom. The van der Waals surface area contributed by atoms with Crippen LogP contribution < -0.4 is 21.4 Å². The van der Waals surface area contributed by atoms with Crippen molar-refractivity contribution in [1.29, 1.82) is 0 Å². The maximum Gasteiger partial charge on any atom is 0.268 e. The summed E-state index contributed by atoms with van der Waals surface area (Å²) in [5.74, 6) is 9.78. The van der Waals surface area contributed by atoms with E-state index >= 15 is 0 Å². The van der Waals surface area contributed by atoms with Crippen molar-refractivity contribution in [1.82, 2.24) is 16.1 Å². The zero-order valence-electron chi connectivity index (χ0n) is 20.5. The minimum Gasteiger partial charge on any atom is -0.391 e. The molecule has 2 atom stereocenters. The Bertz CT molecular complexity index is 1210. The molecule has 0 spiro atoms. The standard InChI is InChI=1S/C28H30N4O5/c1-19(33)26(28(36)32-37)31-27(35)22-14-10-20(11-15-22)6-2-3-7-21-12-16-24(17-13-21)30-25(34)18-29-23-8-4-5-9-23/h10-17,19,23,26,29,33,37H,4-5,8-9,18H2,1H3,(H,30,34)(H,31,35)(H,32,36)/t19-,26+/m1/s1. The van der Waals surface area contributed by atoms with Crippen molar-refractivity contribution < 1.29 is 24.7 Å². The Hall–Kier alpha value is -4.15. The molecule has 37 heavy (non-hydrogen) atoms. The van der Waals surface area contributed by atoms with Gasteiger partial charge >= 0.3 is 0 Å². The molecule has 0 aliphatic heterocycles. The first-order valence-corrected chi connectivity index (χ1v) is 12.0. The molecule has 0 heterocycles. The summed E-state index contributed by atoms with van der Waals surface area (Å²) in [7, 11) is 0. The summed E-state index contributed by atoms with van der Waals surface area (Å²) in [6.07, 6.45) is 3.50. The number of aliphatic hydroxyl groups is 1. The van der Waals surface area contributed by atoms with Crippen LogP contribution in [-0.2, 0) is 9.59 Å². The van der Waals surface area contributed by atoms with Gasteiger partial charge in [-0.05, 0) is 80.1 Å². The Labute approximate surface area is 216 Å². The van der Waals surface area contributed by atoms with Gasteiger partial charge in [-0.1, -0.05) is 24.7 Å². The second-order valence-electron chi connectivity index (χ2n) is 8.73. The van der Waals surface area contributed by atoms with Crippen molar-refractivity contribution in [2.24, 2.45) is 0 Å². The number of nitrogens with one attached hydrogen (secondary N) is 4. The van der Waals surface area contributed by atoms with E-state index < -0.39 is 24.0 Å².